The summed E-state index contributed by atoms with van der Waals surface area (Å²) in [5, 5.41) is 20.7. The minimum Gasteiger partial charge on any atom is -0.395 e. The highest BCUT2D eigenvalue weighted by Crippen LogP contribution is 2.28. The number of hydrogen-bond acceptors (Lipinski definition) is 5. The van der Waals surface area contributed by atoms with Crippen molar-refractivity contribution in [1.82, 2.24) is 9.80 Å². The van der Waals surface area contributed by atoms with Crippen LogP contribution in [0.1, 0.15) is 49.0 Å². The Morgan fingerprint density at radius 2 is 1.92 bits per heavy atom. The van der Waals surface area contributed by atoms with Gasteiger partial charge in [0.1, 0.15) is 0 Å². The standard InChI is InChI=1S/C18H27N3O4/c1-4-15(12-22)19-7-9-20(10-8-19)18(23)14-5-6-16(13(2)3)17(11-14)21(24)25/h5-6,11,13,15,22H,4,7-10,12H2,1-3H3. The van der Waals surface area contributed by atoms with E-state index in [2.05, 4.69) is 4.90 Å². The number of aliphatic hydroxyl groups is 1. The third kappa shape index (κ3) is 4.35. The van der Waals surface area contributed by atoms with Crippen LogP contribution in [0.25, 0.3) is 0 Å². The van der Waals surface area contributed by atoms with E-state index in [1.165, 1.54) is 6.07 Å². The molecule has 0 saturated carbocycles. The average Bonchev–Trinajstić information content (AvgIpc) is 2.62. The van der Waals surface area contributed by atoms with Gasteiger partial charge in [0, 0.05) is 49.4 Å². The molecule has 1 heterocycles. The first-order valence-electron chi connectivity index (χ1n) is 8.81. The van der Waals surface area contributed by atoms with Crippen LogP contribution in [-0.2, 0) is 0 Å². The molecule has 0 aliphatic carbocycles. The molecule has 1 aliphatic rings. The van der Waals surface area contributed by atoms with Gasteiger partial charge >= 0.3 is 0 Å². The molecule has 0 radical (unpaired) electrons. The van der Waals surface area contributed by atoms with E-state index in [1.54, 1.807) is 17.0 Å². The number of aliphatic hydroxyl groups excluding tert-OH is 1. The van der Waals surface area contributed by atoms with Crippen molar-refractivity contribution in [3.8, 4) is 0 Å². The zero-order valence-corrected chi connectivity index (χ0v) is 15.1. The fraction of sp³-hybridized carbons (Fsp3) is 0.611. The highest BCUT2D eigenvalue weighted by atomic mass is 16.6. The van der Waals surface area contributed by atoms with E-state index in [9.17, 15) is 20.0 Å². The Morgan fingerprint density at radius 3 is 2.40 bits per heavy atom. The fourth-order valence-corrected chi connectivity index (χ4v) is 3.30. The second-order valence-electron chi connectivity index (χ2n) is 6.76. The van der Waals surface area contributed by atoms with E-state index in [1.807, 2.05) is 20.8 Å². The highest BCUT2D eigenvalue weighted by Gasteiger charge is 2.27. The summed E-state index contributed by atoms with van der Waals surface area (Å²) in [5.74, 6) is -0.146. The Bertz CT molecular complexity index is 621. The molecule has 1 unspecified atom stereocenters. The Kier molecular flexibility index (Phi) is 6.50. The molecule has 7 nitrogen and oxygen atoms in total. The molecule has 1 fully saturated rings. The van der Waals surface area contributed by atoms with Crippen molar-refractivity contribution >= 4 is 11.6 Å². The topological polar surface area (TPSA) is 86.9 Å². The summed E-state index contributed by atoms with van der Waals surface area (Å²) in [5.41, 5.74) is 1.00. The Labute approximate surface area is 148 Å². The molecule has 0 spiro atoms. The number of nitrogens with zero attached hydrogens (tertiary/aromatic N) is 3. The lowest BCUT2D eigenvalue weighted by Crippen LogP contribution is -2.52. The minimum absolute atomic E-state index is 0.00538. The maximum absolute atomic E-state index is 12.7. The SMILES string of the molecule is CCC(CO)N1CCN(C(=O)c2ccc(C(C)C)c([N+](=O)[O-])c2)CC1. The van der Waals surface area contributed by atoms with Crippen LogP contribution in [0.15, 0.2) is 18.2 Å². The van der Waals surface area contributed by atoms with Crippen LogP contribution in [0.2, 0.25) is 0 Å². The van der Waals surface area contributed by atoms with Gasteiger partial charge in [-0.3, -0.25) is 19.8 Å². The smallest absolute Gasteiger partial charge is 0.273 e. The van der Waals surface area contributed by atoms with Gasteiger partial charge in [0.05, 0.1) is 11.5 Å². The van der Waals surface area contributed by atoms with Crippen molar-refractivity contribution in [2.45, 2.75) is 39.2 Å². The number of carbonyl (C=O) groups is 1. The molecule has 1 N–H and O–H groups in total. The second-order valence-corrected chi connectivity index (χ2v) is 6.76. The zero-order chi connectivity index (χ0) is 18.6. The molecule has 138 valence electrons. The van der Waals surface area contributed by atoms with Crippen molar-refractivity contribution in [1.29, 1.82) is 0 Å². The van der Waals surface area contributed by atoms with Gasteiger partial charge in [-0.15, -0.1) is 0 Å². The average molecular weight is 349 g/mol. The first-order valence-corrected chi connectivity index (χ1v) is 8.81. The van der Waals surface area contributed by atoms with Gasteiger partial charge in [-0.05, 0) is 18.4 Å². The Hall–Kier alpha value is -1.99. The second kappa shape index (κ2) is 8.40. The fourth-order valence-electron chi connectivity index (χ4n) is 3.30. The first kappa shape index (κ1) is 19.3. The predicted molar refractivity (Wildman–Crippen MR) is 95.8 cm³/mol. The van der Waals surface area contributed by atoms with Gasteiger partial charge in [-0.2, -0.15) is 0 Å². The molecule has 7 heteroatoms. The van der Waals surface area contributed by atoms with E-state index < -0.39 is 4.92 Å². The van der Waals surface area contributed by atoms with E-state index in [0.717, 1.165) is 6.42 Å². The van der Waals surface area contributed by atoms with Crippen LogP contribution >= 0.6 is 0 Å². The van der Waals surface area contributed by atoms with Gasteiger partial charge in [-0.1, -0.05) is 26.8 Å². The Balaban J connectivity index is 2.11. The first-order chi connectivity index (χ1) is 11.9. The van der Waals surface area contributed by atoms with E-state index in [-0.39, 0.29) is 30.2 Å². The van der Waals surface area contributed by atoms with Crippen molar-refractivity contribution < 1.29 is 14.8 Å². The molecule has 1 aromatic carbocycles. The molecular formula is C18H27N3O4. The third-order valence-corrected chi connectivity index (χ3v) is 4.90. The lowest BCUT2D eigenvalue weighted by Gasteiger charge is -2.38. The van der Waals surface area contributed by atoms with Crippen molar-refractivity contribution in [3.05, 3.63) is 39.4 Å². The van der Waals surface area contributed by atoms with Gasteiger partial charge in [0.2, 0.25) is 0 Å². The van der Waals surface area contributed by atoms with Gasteiger partial charge in [-0.25, -0.2) is 0 Å². The van der Waals surface area contributed by atoms with Gasteiger partial charge in [0.25, 0.3) is 11.6 Å². The van der Waals surface area contributed by atoms with E-state index in [4.69, 9.17) is 0 Å². The molecule has 25 heavy (non-hydrogen) atoms. The van der Waals surface area contributed by atoms with Crippen LogP contribution in [0.4, 0.5) is 5.69 Å². The molecule has 1 atom stereocenters. The van der Waals surface area contributed by atoms with Gasteiger partial charge < -0.3 is 10.0 Å². The largest absolute Gasteiger partial charge is 0.395 e. The molecule has 1 amide bonds. The summed E-state index contributed by atoms with van der Waals surface area (Å²) in [6.07, 6.45) is 0.868. The van der Waals surface area contributed by atoms with E-state index >= 15 is 0 Å². The third-order valence-electron chi connectivity index (χ3n) is 4.90. The van der Waals surface area contributed by atoms with Crippen LogP contribution in [0.5, 0.6) is 0 Å². The number of benzene rings is 1. The number of rotatable bonds is 6. The number of nitro benzene ring substituents is 1. The summed E-state index contributed by atoms with van der Waals surface area (Å²) in [6, 6.07) is 4.89. The maximum atomic E-state index is 12.7. The lowest BCUT2D eigenvalue weighted by atomic mass is 9.99. The molecular weight excluding hydrogens is 322 g/mol. The van der Waals surface area contributed by atoms with E-state index in [0.29, 0.717) is 37.3 Å². The van der Waals surface area contributed by atoms with Crippen molar-refractivity contribution in [2.24, 2.45) is 0 Å². The summed E-state index contributed by atoms with van der Waals surface area (Å²) in [6.45, 7) is 8.49. The number of nitro groups is 1. The normalized spacial score (nSPS) is 16.9. The highest BCUT2D eigenvalue weighted by molar-refractivity contribution is 5.95. The minimum atomic E-state index is -0.419. The van der Waals surface area contributed by atoms with Crippen LogP contribution in [-0.4, -0.2) is 64.6 Å². The van der Waals surface area contributed by atoms with Gasteiger partial charge in [0.15, 0.2) is 0 Å². The lowest BCUT2D eigenvalue weighted by molar-refractivity contribution is -0.385. The number of piperazine rings is 1. The van der Waals surface area contributed by atoms with Crippen LogP contribution in [0.3, 0.4) is 0 Å². The summed E-state index contributed by atoms with van der Waals surface area (Å²) in [4.78, 5) is 27.5. The zero-order valence-electron chi connectivity index (χ0n) is 15.1. The molecule has 2 rings (SSSR count). The molecule has 1 aliphatic heterocycles. The van der Waals surface area contributed by atoms with Crippen molar-refractivity contribution in [3.63, 3.8) is 0 Å². The number of amides is 1. The Morgan fingerprint density at radius 1 is 1.28 bits per heavy atom. The molecule has 0 aromatic heterocycles. The summed E-state index contributed by atoms with van der Waals surface area (Å²) in [7, 11) is 0. The molecule has 1 saturated heterocycles. The monoisotopic (exact) mass is 349 g/mol. The number of carbonyl (C=O) groups excluding carboxylic acids is 1. The quantitative estimate of drug-likeness (QED) is 0.629. The predicted octanol–water partition coefficient (Wildman–Crippen LogP) is 2.25. The maximum Gasteiger partial charge on any atom is 0.273 e. The molecule has 1 aromatic rings. The van der Waals surface area contributed by atoms with Crippen molar-refractivity contribution in [2.75, 3.05) is 32.8 Å². The molecule has 0 bridgehead atoms. The summed E-state index contributed by atoms with van der Waals surface area (Å²) < 4.78 is 0. The number of hydrogen-bond donors (Lipinski definition) is 1. The van der Waals surface area contributed by atoms with Crippen LogP contribution < -0.4 is 0 Å². The summed E-state index contributed by atoms with van der Waals surface area (Å²) >= 11 is 0. The van der Waals surface area contributed by atoms with Crippen LogP contribution in [0, 0.1) is 10.1 Å².